The Balaban J connectivity index is 1.48. The van der Waals surface area contributed by atoms with Crippen molar-refractivity contribution >= 4 is 67.5 Å². The maximum Gasteiger partial charge on any atom is 0.416 e. The van der Waals surface area contributed by atoms with E-state index in [0.29, 0.717) is 34.3 Å². The van der Waals surface area contributed by atoms with E-state index in [0.717, 1.165) is 21.3 Å². The van der Waals surface area contributed by atoms with Gasteiger partial charge < -0.3 is 14.4 Å². The third-order valence-electron chi connectivity index (χ3n) is 8.78. The quantitative estimate of drug-likeness (QED) is 0.167. The van der Waals surface area contributed by atoms with E-state index in [1.807, 2.05) is 53.6 Å². The number of nitrogens with zero attached hydrogens (tertiary/aromatic N) is 6. The number of aromatic nitrogens is 4. The average molecular weight is 687 g/mol. The number of halogens is 4. The molecular weight excluding hydrogens is 657 g/mol. The Morgan fingerprint density at radius 2 is 1.87 bits per heavy atom. The monoisotopic (exact) mass is 686 g/mol. The zero-order chi connectivity index (χ0) is 32.5. The third kappa shape index (κ3) is 5.18. The number of imidazole rings is 1. The number of rotatable bonds is 4. The van der Waals surface area contributed by atoms with Gasteiger partial charge in [-0.1, -0.05) is 30.3 Å². The topological polar surface area (TPSA) is 76.3 Å². The molecule has 1 unspecified atom stereocenters. The lowest BCUT2D eigenvalue weighted by molar-refractivity contribution is -0.137. The van der Waals surface area contributed by atoms with E-state index in [1.54, 1.807) is 16.6 Å². The molecule has 7 rings (SSSR count). The highest BCUT2D eigenvalue weighted by Crippen LogP contribution is 2.55. The Labute approximate surface area is 274 Å². The van der Waals surface area contributed by atoms with Crippen LogP contribution in [0.1, 0.15) is 25.5 Å². The Morgan fingerprint density at radius 1 is 1.13 bits per heavy atom. The van der Waals surface area contributed by atoms with Crippen molar-refractivity contribution in [2.24, 2.45) is 0 Å². The zero-order valence-corrected chi connectivity index (χ0v) is 27.4. The zero-order valence-electron chi connectivity index (χ0n) is 24.9. The number of piperazine rings is 1. The summed E-state index contributed by atoms with van der Waals surface area (Å²) in [4.78, 5) is 39.7. The molecule has 0 spiro atoms. The number of benzene rings is 2. The highest BCUT2D eigenvalue weighted by atomic mass is 35.5. The second-order valence-corrected chi connectivity index (χ2v) is 15.6. The molecule has 0 bridgehead atoms. The number of carbonyl (C=O) groups is 1. The van der Waals surface area contributed by atoms with E-state index in [9.17, 15) is 22.8 Å². The van der Waals surface area contributed by atoms with Crippen LogP contribution < -0.4 is 10.6 Å². The third-order valence-corrected chi connectivity index (χ3v) is 13.2. The minimum atomic E-state index is -4.64. The fourth-order valence-corrected chi connectivity index (χ4v) is 11.4. The number of alkyl halides is 3. The molecule has 2 aliphatic rings. The van der Waals surface area contributed by atoms with Crippen LogP contribution >= 0.6 is 33.8 Å². The van der Waals surface area contributed by atoms with E-state index < -0.39 is 28.3 Å². The van der Waals surface area contributed by atoms with E-state index in [-0.39, 0.29) is 41.8 Å². The first kappa shape index (κ1) is 30.8. The molecule has 5 aromatic rings. The molecule has 46 heavy (non-hydrogen) atoms. The molecule has 3 aromatic heterocycles. The van der Waals surface area contributed by atoms with Crippen molar-refractivity contribution in [1.29, 1.82) is 0 Å². The van der Waals surface area contributed by atoms with Crippen molar-refractivity contribution in [3.63, 3.8) is 0 Å². The van der Waals surface area contributed by atoms with Gasteiger partial charge in [-0.05, 0) is 50.3 Å². The summed E-state index contributed by atoms with van der Waals surface area (Å²) in [5.74, 6) is 0.438. The van der Waals surface area contributed by atoms with Crippen LogP contribution in [-0.4, -0.2) is 60.8 Å². The molecule has 0 N–H and O–H groups in total. The number of para-hydroxylation sites is 2. The van der Waals surface area contributed by atoms with Crippen LogP contribution in [0.15, 0.2) is 80.7 Å². The van der Waals surface area contributed by atoms with Crippen molar-refractivity contribution in [3.8, 4) is 0 Å². The van der Waals surface area contributed by atoms with Gasteiger partial charge in [-0.25, -0.2) is 9.78 Å². The fourth-order valence-electron chi connectivity index (χ4n) is 6.87. The number of hydrogen-bond acceptors (Lipinski definition) is 6. The van der Waals surface area contributed by atoms with Gasteiger partial charge in [-0.2, -0.15) is 29.1 Å². The largest absolute Gasteiger partial charge is 0.416 e. The molecule has 1 fully saturated rings. The number of thiol groups is 1. The van der Waals surface area contributed by atoms with Crippen molar-refractivity contribution < 1.29 is 18.0 Å². The minimum absolute atomic E-state index is 0.193. The van der Waals surface area contributed by atoms with Crippen LogP contribution in [-0.2, 0) is 17.5 Å². The summed E-state index contributed by atoms with van der Waals surface area (Å²) in [6.07, 6.45) is -1.65. The molecule has 1 saturated heterocycles. The second-order valence-electron chi connectivity index (χ2n) is 11.8. The molecule has 4 atom stereocenters. The normalized spacial score (nSPS) is 22.7. The molecule has 1 amide bonds. The summed E-state index contributed by atoms with van der Waals surface area (Å²) < 4.78 is 48.3. The summed E-state index contributed by atoms with van der Waals surface area (Å²) in [5.41, 5.74) is 0.777. The Morgan fingerprint density at radius 3 is 2.54 bits per heavy atom. The number of anilines is 1. The smallest absolute Gasteiger partial charge is 0.352 e. The van der Waals surface area contributed by atoms with Crippen LogP contribution in [0.25, 0.3) is 21.9 Å². The van der Waals surface area contributed by atoms with Crippen molar-refractivity contribution in [1.82, 2.24) is 24.0 Å². The van der Waals surface area contributed by atoms with Gasteiger partial charge in [0.1, 0.15) is 5.82 Å². The van der Waals surface area contributed by atoms with Crippen LogP contribution in [0.2, 0.25) is 5.02 Å². The first-order valence-electron chi connectivity index (χ1n) is 14.7. The summed E-state index contributed by atoms with van der Waals surface area (Å²) in [6, 6.07) is 10.9. The lowest BCUT2D eigenvalue weighted by Crippen LogP contribution is -2.58. The summed E-state index contributed by atoms with van der Waals surface area (Å²) in [6.45, 7) is 8.13. The number of fused-ring (bicyclic) bond motifs is 1. The van der Waals surface area contributed by atoms with Gasteiger partial charge in [-0.3, -0.25) is 9.36 Å². The molecule has 14 heteroatoms. The SMILES string of the molecule is C=CC(=O)N1[C@H](C)CN(c2nc(=O)n3c4c(cc(C(F)(F)F)cc24)[SH](c2cc(Cl)cs2)C[C@@H](n2cnc4ccccc42)C3)C[C@@H]1C. The molecule has 240 valence electrons. The Bertz CT molecular complexity index is 2060. The van der Waals surface area contributed by atoms with Crippen molar-refractivity contribution in [3.05, 3.63) is 87.9 Å². The second kappa shape index (κ2) is 11.5. The number of hydrogen-bond donors (Lipinski definition) is 1. The molecule has 2 aliphatic heterocycles. The standard InChI is InChI=1S/C32H30ClF3N6O2S2/c1-4-27(43)42-18(2)12-39(13-19(42)3)30-23-9-20(32(34,35)36)10-26-29(23)40(31(44)38-30)14-22(16-46(26)28-11-21(33)15-45-28)41-17-37-24-7-5-6-8-25(24)41/h4-11,15,17-19,22,46H,1,12-14,16H2,2-3H3/t18-,19+,22-/m0/s1. The molecule has 0 aliphatic carbocycles. The molecule has 0 radical (unpaired) electrons. The van der Waals surface area contributed by atoms with Gasteiger partial charge in [0.2, 0.25) is 5.91 Å². The molecule has 5 heterocycles. The predicted octanol–water partition coefficient (Wildman–Crippen LogP) is 6.77. The van der Waals surface area contributed by atoms with Crippen molar-refractivity contribution in [2.75, 3.05) is 23.7 Å². The molecule has 0 saturated carbocycles. The number of carbonyl (C=O) groups excluding carboxylic acids is 1. The summed E-state index contributed by atoms with van der Waals surface area (Å²) in [7, 11) is -1.40. The Hall–Kier alpha value is -3.81. The lowest BCUT2D eigenvalue weighted by Gasteiger charge is -2.44. The fraction of sp³-hybridized carbons (Fsp3) is 0.312. The maximum atomic E-state index is 14.6. The first-order valence-corrected chi connectivity index (χ1v) is 17.5. The van der Waals surface area contributed by atoms with Gasteiger partial charge in [-0.15, -0.1) is 11.3 Å². The number of amides is 1. The minimum Gasteiger partial charge on any atom is -0.352 e. The van der Waals surface area contributed by atoms with Crippen LogP contribution in [0, 0.1) is 0 Å². The number of thiophene rings is 1. The molecular formula is C32H30ClF3N6O2S2. The predicted molar refractivity (Wildman–Crippen MR) is 178 cm³/mol. The highest BCUT2D eigenvalue weighted by Gasteiger charge is 2.38. The maximum absolute atomic E-state index is 14.6. The first-order chi connectivity index (χ1) is 21.9. The highest BCUT2D eigenvalue weighted by molar-refractivity contribution is 8.18. The van der Waals surface area contributed by atoms with Gasteiger partial charge >= 0.3 is 11.9 Å². The average Bonchev–Trinajstić information content (AvgIpc) is 3.60. The van der Waals surface area contributed by atoms with Gasteiger partial charge in [0.15, 0.2) is 0 Å². The van der Waals surface area contributed by atoms with Crippen LogP contribution in [0.5, 0.6) is 0 Å². The van der Waals surface area contributed by atoms with Gasteiger partial charge in [0.25, 0.3) is 0 Å². The van der Waals surface area contributed by atoms with Crippen molar-refractivity contribution in [2.45, 2.75) is 53.8 Å². The van der Waals surface area contributed by atoms with Crippen LogP contribution in [0.4, 0.5) is 19.0 Å². The molecule has 8 nitrogen and oxygen atoms in total. The van der Waals surface area contributed by atoms with Gasteiger partial charge in [0, 0.05) is 57.3 Å². The molecule has 2 aromatic carbocycles. The van der Waals surface area contributed by atoms with E-state index in [1.165, 1.54) is 28.0 Å². The Kier molecular flexibility index (Phi) is 7.68. The summed E-state index contributed by atoms with van der Waals surface area (Å²) in [5, 5.41) is 2.56. The summed E-state index contributed by atoms with van der Waals surface area (Å²) >= 11 is 7.80. The van der Waals surface area contributed by atoms with E-state index in [4.69, 9.17) is 11.6 Å². The van der Waals surface area contributed by atoms with E-state index in [2.05, 4.69) is 16.5 Å². The van der Waals surface area contributed by atoms with E-state index >= 15 is 0 Å². The lowest BCUT2D eigenvalue weighted by atomic mass is 10.1. The van der Waals surface area contributed by atoms with Gasteiger partial charge in [0.05, 0.1) is 39.5 Å². The van der Waals surface area contributed by atoms with Crippen LogP contribution in [0.3, 0.4) is 0 Å².